The van der Waals surface area contributed by atoms with Crippen molar-refractivity contribution in [2.24, 2.45) is 0 Å². The normalized spacial score (nSPS) is 12.8. The summed E-state index contributed by atoms with van der Waals surface area (Å²) in [6.45, 7) is 3.05. The Labute approximate surface area is 164 Å². The Kier molecular flexibility index (Phi) is 5.82. The molecule has 2 atom stereocenters. The third-order valence-corrected chi connectivity index (χ3v) is 3.86. The highest BCUT2D eigenvalue weighted by Crippen LogP contribution is 2.24. The van der Waals surface area contributed by atoms with Crippen LogP contribution in [0.4, 0.5) is 10.1 Å². The number of carbonyl (C=O) groups excluding carboxylic acids is 1. The molecule has 0 unspecified atom stereocenters. The number of nitrogens with zero attached hydrogens (tertiary/aromatic N) is 3. The first-order chi connectivity index (χ1) is 13.8. The number of rotatable bonds is 7. The van der Waals surface area contributed by atoms with Crippen LogP contribution in [0.15, 0.2) is 52.9 Å². The molecule has 0 saturated carbocycles. The molecule has 2 aromatic carbocycles. The van der Waals surface area contributed by atoms with Gasteiger partial charge in [0, 0.05) is 17.7 Å². The van der Waals surface area contributed by atoms with Gasteiger partial charge in [-0.25, -0.2) is 9.18 Å². The summed E-state index contributed by atoms with van der Waals surface area (Å²) in [6.07, 6.45) is -1.79. The maximum Gasteiger partial charge on any atom is 0.347 e. The van der Waals surface area contributed by atoms with Gasteiger partial charge in [-0.1, -0.05) is 0 Å². The van der Waals surface area contributed by atoms with Gasteiger partial charge in [-0.05, 0) is 50.2 Å². The predicted octanol–water partition coefficient (Wildman–Crippen LogP) is 3.86. The van der Waals surface area contributed by atoms with Crippen molar-refractivity contribution in [3.63, 3.8) is 0 Å². The lowest BCUT2D eigenvalue weighted by Gasteiger charge is -2.16. The summed E-state index contributed by atoms with van der Waals surface area (Å²) < 4.78 is 29.1. The molecule has 0 aliphatic rings. The fourth-order valence-electron chi connectivity index (χ4n) is 2.33. The minimum atomic E-state index is -0.944. The van der Waals surface area contributed by atoms with Gasteiger partial charge >= 0.3 is 5.97 Å². The van der Waals surface area contributed by atoms with Gasteiger partial charge in [0.1, 0.15) is 11.6 Å². The van der Waals surface area contributed by atoms with Crippen molar-refractivity contribution in [3.8, 4) is 17.2 Å². The van der Waals surface area contributed by atoms with Gasteiger partial charge in [0.15, 0.2) is 12.2 Å². The number of halogens is 1. The molecule has 3 aromatic rings. The zero-order chi connectivity index (χ0) is 21.0. The largest absolute Gasteiger partial charge is 0.479 e. The number of esters is 1. The molecule has 0 bridgehead atoms. The summed E-state index contributed by atoms with van der Waals surface area (Å²) in [6, 6.07) is 10.8. The Bertz CT molecular complexity index is 1000. The van der Waals surface area contributed by atoms with E-state index in [-0.39, 0.29) is 17.5 Å². The minimum absolute atomic E-state index is 0.0562. The first-order valence-electron chi connectivity index (χ1n) is 8.54. The van der Waals surface area contributed by atoms with E-state index in [4.69, 9.17) is 13.9 Å². The van der Waals surface area contributed by atoms with Gasteiger partial charge < -0.3 is 13.9 Å². The molecule has 9 nitrogen and oxygen atoms in total. The highest BCUT2D eigenvalue weighted by Gasteiger charge is 2.24. The zero-order valence-electron chi connectivity index (χ0n) is 15.4. The van der Waals surface area contributed by atoms with Crippen molar-refractivity contribution in [2.45, 2.75) is 26.1 Å². The number of non-ortho nitro benzene ring substituents is 1. The lowest BCUT2D eigenvalue weighted by Crippen LogP contribution is -2.27. The quantitative estimate of drug-likeness (QED) is 0.333. The van der Waals surface area contributed by atoms with E-state index >= 15 is 0 Å². The zero-order valence-corrected chi connectivity index (χ0v) is 15.4. The first-order valence-corrected chi connectivity index (χ1v) is 8.54. The van der Waals surface area contributed by atoms with Crippen LogP contribution in [-0.4, -0.2) is 27.2 Å². The third-order valence-electron chi connectivity index (χ3n) is 3.86. The number of carbonyl (C=O) groups is 1. The number of nitro benzene ring substituents is 1. The van der Waals surface area contributed by atoms with Gasteiger partial charge in [0.2, 0.25) is 5.89 Å². The fraction of sp³-hybridized carbons (Fsp3) is 0.211. The van der Waals surface area contributed by atoms with E-state index in [1.165, 1.54) is 55.5 Å². The van der Waals surface area contributed by atoms with Gasteiger partial charge in [-0.15, -0.1) is 10.2 Å². The second kappa shape index (κ2) is 8.46. The van der Waals surface area contributed by atoms with Crippen LogP contribution < -0.4 is 4.74 Å². The van der Waals surface area contributed by atoms with Crippen molar-refractivity contribution in [3.05, 3.63) is 70.4 Å². The van der Waals surface area contributed by atoms with Crippen molar-refractivity contribution < 1.29 is 28.0 Å². The SMILES string of the molecule is C[C@H](OC(=O)[C@@H](C)Oc1ccc(F)cc1)c1nnc(-c2ccc([N+](=O)[O-])cc2)o1. The van der Waals surface area contributed by atoms with Crippen LogP contribution in [-0.2, 0) is 9.53 Å². The number of ether oxygens (including phenoxy) is 2. The number of hydrogen-bond acceptors (Lipinski definition) is 8. The summed E-state index contributed by atoms with van der Waals surface area (Å²) in [4.78, 5) is 22.4. The van der Waals surface area contributed by atoms with Crippen LogP contribution in [0.25, 0.3) is 11.5 Å². The number of hydrogen-bond donors (Lipinski definition) is 0. The topological polar surface area (TPSA) is 118 Å². The molecule has 29 heavy (non-hydrogen) atoms. The van der Waals surface area contributed by atoms with Gasteiger partial charge in [0.05, 0.1) is 4.92 Å². The third kappa shape index (κ3) is 4.92. The van der Waals surface area contributed by atoms with Gasteiger partial charge in [-0.3, -0.25) is 10.1 Å². The van der Waals surface area contributed by atoms with Crippen LogP contribution in [0, 0.1) is 15.9 Å². The molecule has 0 N–H and O–H groups in total. The fourth-order valence-corrected chi connectivity index (χ4v) is 2.33. The average Bonchev–Trinajstić information content (AvgIpc) is 3.20. The first kappa shape index (κ1) is 19.9. The average molecular weight is 401 g/mol. The van der Waals surface area contributed by atoms with Crippen LogP contribution in [0.2, 0.25) is 0 Å². The Balaban J connectivity index is 1.61. The molecule has 10 heteroatoms. The van der Waals surface area contributed by atoms with E-state index in [1.807, 2.05) is 0 Å². The molecular weight excluding hydrogens is 385 g/mol. The summed E-state index contributed by atoms with van der Waals surface area (Å²) in [5.74, 6) is -0.575. The number of nitro groups is 1. The second-order valence-corrected chi connectivity index (χ2v) is 6.04. The standard InChI is InChI=1S/C19H16FN3O6/c1-11(28-19(24)12(2)27-16-9-5-14(20)6-10-16)17-21-22-18(29-17)13-3-7-15(8-4-13)23(25)26/h3-12H,1-2H3/t11-,12+/m0/s1. The molecule has 0 fully saturated rings. The molecule has 0 amide bonds. The van der Waals surface area contributed by atoms with E-state index in [0.29, 0.717) is 11.3 Å². The molecule has 1 aromatic heterocycles. The van der Waals surface area contributed by atoms with Crippen molar-refractivity contribution >= 4 is 11.7 Å². The minimum Gasteiger partial charge on any atom is -0.479 e. The van der Waals surface area contributed by atoms with Crippen molar-refractivity contribution in [1.29, 1.82) is 0 Å². The van der Waals surface area contributed by atoms with Crippen LogP contribution in [0.1, 0.15) is 25.8 Å². The maximum absolute atomic E-state index is 12.9. The maximum atomic E-state index is 12.9. The van der Waals surface area contributed by atoms with Crippen LogP contribution >= 0.6 is 0 Å². The summed E-state index contributed by atoms with van der Waals surface area (Å²) >= 11 is 0. The molecule has 0 saturated heterocycles. The molecule has 0 spiro atoms. The van der Waals surface area contributed by atoms with Crippen LogP contribution in [0.3, 0.4) is 0 Å². The van der Waals surface area contributed by atoms with Crippen molar-refractivity contribution in [1.82, 2.24) is 10.2 Å². The van der Waals surface area contributed by atoms with Gasteiger partial charge in [0.25, 0.3) is 11.6 Å². The Morgan fingerprint density at radius 2 is 1.76 bits per heavy atom. The Hall–Kier alpha value is -3.82. The molecule has 0 aliphatic carbocycles. The Morgan fingerprint density at radius 3 is 2.38 bits per heavy atom. The highest BCUT2D eigenvalue weighted by atomic mass is 19.1. The summed E-state index contributed by atoms with van der Waals surface area (Å²) in [7, 11) is 0. The molecular formula is C19H16FN3O6. The van der Waals surface area contributed by atoms with Crippen LogP contribution in [0.5, 0.6) is 5.75 Å². The molecule has 0 aliphatic heterocycles. The highest BCUT2D eigenvalue weighted by molar-refractivity contribution is 5.74. The summed E-state index contributed by atoms with van der Waals surface area (Å²) in [5.41, 5.74) is 0.423. The van der Waals surface area contributed by atoms with E-state index < -0.39 is 28.9 Å². The van der Waals surface area contributed by atoms with E-state index in [1.54, 1.807) is 6.92 Å². The smallest absolute Gasteiger partial charge is 0.347 e. The molecule has 1 heterocycles. The number of benzene rings is 2. The predicted molar refractivity (Wildman–Crippen MR) is 97.4 cm³/mol. The molecule has 3 rings (SSSR count). The van der Waals surface area contributed by atoms with Crippen molar-refractivity contribution in [2.75, 3.05) is 0 Å². The molecule has 0 radical (unpaired) electrons. The van der Waals surface area contributed by atoms with Gasteiger partial charge in [-0.2, -0.15) is 0 Å². The van der Waals surface area contributed by atoms with E-state index in [0.717, 1.165) is 0 Å². The second-order valence-electron chi connectivity index (χ2n) is 6.04. The molecule has 150 valence electrons. The lowest BCUT2D eigenvalue weighted by molar-refractivity contribution is -0.384. The lowest BCUT2D eigenvalue weighted by atomic mass is 10.2. The number of aromatic nitrogens is 2. The monoisotopic (exact) mass is 401 g/mol. The Morgan fingerprint density at radius 1 is 1.10 bits per heavy atom. The summed E-state index contributed by atoms with van der Waals surface area (Å²) in [5, 5.41) is 18.4. The van der Waals surface area contributed by atoms with E-state index in [2.05, 4.69) is 10.2 Å². The van der Waals surface area contributed by atoms with E-state index in [9.17, 15) is 19.3 Å².